The zero-order valence-corrected chi connectivity index (χ0v) is 15.8. The monoisotopic (exact) mass is 416 g/mol. The lowest BCUT2D eigenvalue weighted by molar-refractivity contribution is -0.118. The summed E-state index contributed by atoms with van der Waals surface area (Å²) in [6.07, 6.45) is 0. The second kappa shape index (κ2) is 8.88. The van der Waals surface area contributed by atoms with E-state index in [1.165, 1.54) is 18.2 Å². The first-order valence-electron chi connectivity index (χ1n) is 7.29. The molecule has 0 atom stereocenters. The van der Waals surface area contributed by atoms with Crippen molar-refractivity contribution in [1.29, 1.82) is 0 Å². The summed E-state index contributed by atoms with van der Waals surface area (Å²) in [5.74, 6) is -1.70. The molecule has 1 aromatic heterocycles. The van der Waals surface area contributed by atoms with E-state index in [4.69, 9.17) is 38.4 Å². The molecule has 1 heterocycles. The summed E-state index contributed by atoms with van der Waals surface area (Å²) >= 11 is 13.3. The van der Waals surface area contributed by atoms with Gasteiger partial charge in [-0.2, -0.15) is 0 Å². The van der Waals surface area contributed by atoms with Crippen LogP contribution in [0, 0.1) is 0 Å². The summed E-state index contributed by atoms with van der Waals surface area (Å²) < 4.78 is 10.2. The molecule has 7 nitrogen and oxygen atoms in total. The van der Waals surface area contributed by atoms with E-state index >= 15 is 0 Å². The molecule has 0 unspecified atom stereocenters. The summed E-state index contributed by atoms with van der Waals surface area (Å²) in [4.78, 5) is 34.9. The van der Waals surface area contributed by atoms with Crippen LogP contribution in [0.2, 0.25) is 10.0 Å². The third-order valence-electron chi connectivity index (χ3n) is 3.04. The topological polar surface area (TPSA) is 108 Å². The molecule has 0 saturated heterocycles. The van der Waals surface area contributed by atoms with Crippen LogP contribution in [0.15, 0.2) is 23.6 Å². The number of nitrogens with one attached hydrogen (secondary N) is 1. The van der Waals surface area contributed by atoms with Crippen molar-refractivity contribution in [2.24, 2.45) is 5.73 Å². The van der Waals surface area contributed by atoms with Gasteiger partial charge in [-0.1, -0.05) is 23.2 Å². The Morgan fingerprint density at radius 1 is 1.23 bits per heavy atom. The van der Waals surface area contributed by atoms with E-state index in [2.05, 4.69) is 5.32 Å². The standard InChI is InChI=1S/C16H14Cl2N2O5S/c1-2-24-16(23)8-5-10(17)13(11(18)6-8)25-7-12(21)20-15-9(14(19)22)3-4-26-15/h3-6H,2,7H2,1H3,(H2,19,22)(H,20,21). The lowest BCUT2D eigenvalue weighted by Crippen LogP contribution is -2.22. The van der Waals surface area contributed by atoms with Gasteiger partial charge >= 0.3 is 5.97 Å². The third kappa shape index (κ3) is 4.87. The van der Waals surface area contributed by atoms with E-state index in [9.17, 15) is 14.4 Å². The number of ether oxygens (including phenoxy) is 2. The van der Waals surface area contributed by atoms with Crippen LogP contribution >= 0.6 is 34.5 Å². The fourth-order valence-electron chi connectivity index (χ4n) is 1.93. The summed E-state index contributed by atoms with van der Waals surface area (Å²) in [6.45, 7) is 1.48. The van der Waals surface area contributed by atoms with Gasteiger partial charge < -0.3 is 20.5 Å². The number of hydrogen-bond acceptors (Lipinski definition) is 6. The Morgan fingerprint density at radius 3 is 2.46 bits per heavy atom. The Bertz CT molecular complexity index is 830. The van der Waals surface area contributed by atoms with Crippen molar-refractivity contribution in [2.45, 2.75) is 6.92 Å². The van der Waals surface area contributed by atoms with Crippen LogP contribution in [-0.4, -0.2) is 31.0 Å². The van der Waals surface area contributed by atoms with Gasteiger partial charge in [-0.25, -0.2) is 4.79 Å². The van der Waals surface area contributed by atoms with Gasteiger partial charge in [0, 0.05) is 0 Å². The number of hydrogen-bond donors (Lipinski definition) is 2. The van der Waals surface area contributed by atoms with E-state index in [1.54, 1.807) is 12.3 Å². The van der Waals surface area contributed by atoms with Gasteiger partial charge in [-0.15, -0.1) is 11.3 Å². The minimum absolute atomic E-state index is 0.0536. The molecule has 0 spiro atoms. The fourth-order valence-corrected chi connectivity index (χ4v) is 3.34. The normalized spacial score (nSPS) is 10.3. The molecule has 0 bridgehead atoms. The van der Waals surface area contributed by atoms with Gasteiger partial charge in [0.1, 0.15) is 5.00 Å². The maximum Gasteiger partial charge on any atom is 0.338 e. The molecular weight excluding hydrogens is 403 g/mol. The molecule has 138 valence electrons. The average molecular weight is 417 g/mol. The van der Waals surface area contributed by atoms with Crippen molar-refractivity contribution in [3.05, 3.63) is 44.8 Å². The van der Waals surface area contributed by atoms with E-state index < -0.39 is 24.4 Å². The predicted molar refractivity (Wildman–Crippen MR) is 99.4 cm³/mol. The number of primary amides is 1. The number of amides is 2. The zero-order valence-electron chi connectivity index (χ0n) is 13.5. The van der Waals surface area contributed by atoms with E-state index in [1.807, 2.05) is 0 Å². The zero-order chi connectivity index (χ0) is 19.3. The second-order valence-corrected chi connectivity index (χ2v) is 6.58. The fraction of sp³-hybridized carbons (Fsp3) is 0.188. The molecule has 0 fully saturated rings. The number of carbonyl (C=O) groups excluding carboxylic acids is 3. The molecule has 3 N–H and O–H groups in total. The molecule has 2 rings (SSSR count). The molecule has 0 radical (unpaired) electrons. The van der Waals surface area contributed by atoms with Crippen LogP contribution in [-0.2, 0) is 9.53 Å². The van der Waals surface area contributed by atoms with Crippen molar-refractivity contribution in [2.75, 3.05) is 18.5 Å². The highest BCUT2D eigenvalue weighted by Gasteiger charge is 2.17. The van der Waals surface area contributed by atoms with E-state index in [0.29, 0.717) is 5.00 Å². The molecule has 0 aliphatic heterocycles. The molecule has 2 amide bonds. The van der Waals surface area contributed by atoms with Gasteiger partial charge in [0.25, 0.3) is 11.8 Å². The maximum atomic E-state index is 12.0. The highest BCUT2D eigenvalue weighted by Crippen LogP contribution is 2.34. The Hall–Kier alpha value is -2.29. The minimum Gasteiger partial charge on any atom is -0.481 e. The number of carbonyl (C=O) groups is 3. The molecule has 1 aromatic carbocycles. The van der Waals surface area contributed by atoms with Gasteiger partial charge in [-0.05, 0) is 30.5 Å². The van der Waals surface area contributed by atoms with E-state index in [0.717, 1.165) is 11.3 Å². The SMILES string of the molecule is CCOC(=O)c1cc(Cl)c(OCC(=O)Nc2sccc2C(N)=O)c(Cl)c1. The number of halogens is 2. The first-order valence-corrected chi connectivity index (χ1v) is 8.93. The van der Waals surface area contributed by atoms with Crippen LogP contribution in [0.3, 0.4) is 0 Å². The number of anilines is 1. The summed E-state index contributed by atoms with van der Waals surface area (Å²) in [5, 5.41) is 4.58. The Balaban J connectivity index is 2.05. The van der Waals surface area contributed by atoms with Crippen LogP contribution in [0.25, 0.3) is 0 Å². The smallest absolute Gasteiger partial charge is 0.338 e. The molecule has 26 heavy (non-hydrogen) atoms. The van der Waals surface area contributed by atoms with E-state index in [-0.39, 0.29) is 33.5 Å². The summed E-state index contributed by atoms with van der Waals surface area (Å²) in [6, 6.07) is 4.18. The van der Waals surface area contributed by atoms with Crippen molar-refractivity contribution >= 4 is 57.3 Å². The first kappa shape index (κ1) is 20.0. The molecule has 0 aliphatic carbocycles. The van der Waals surface area contributed by atoms with Gasteiger partial charge in [0.15, 0.2) is 12.4 Å². The Kier molecular flexibility index (Phi) is 6.84. The lowest BCUT2D eigenvalue weighted by atomic mass is 10.2. The van der Waals surface area contributed by atoms with Crippen LogP contribution in [0.4, 0.5) is 5.00 Å². The second-order valence-electron chi connectivity index (χ2n) is 4.85. The molecule has 2 aromatic rings. The predicted octanol–water partition coefficient (Wildman–Crippen LogP) is 3.35. The highest BCUT2D eigenvalue weighted by atomic mass is 35.5. The Labute approximate surface area is 163 Å². The van der Waals surface area contributed by atoms with Crippen LogP contribution in [0.5, 0.6) is 5.75 Å². The summed E-state index contributed by atoms with van der Waals surface area (Å²) in [5.41, 5.74) is 5.59. The van der Waals surface area contributed by atoms with Gasteiger partial charge in [-0.3, -0.25) is 9.59 Å². The molecule has 10 heteroatoms. The van der Waals surface area contributed by atoms with Crippen LogP contribution in [0.1, 0.15) is 27.6 Å². The minimum atomic E-state index is -0.650. The van der Waals surface area contributed by atoms with Gasteiger partial charge in [0.2, 0.25) is 0 Å². The number of esters is 1. The first-order chi connectivity index (χ1) is 12.3. The highest BCUT2D eigenvalue weighted by molar-refractivity contribution is 7.14. The molecular formula is C16H14Cl2N2O5S. The summed E-state index contributed by atoms with van der Waals surface area (Å²) in [7, 11) is 0. The molecule has 0 aliphatic rings. The number of thiophene rings is 1. The maximum absolute atomic E-state index is 12.0. The third-order valence-corrected chi connectivity index (χ3v) is 4.43. The number of rotatable bonds is 7. The number of nitrogens with two attached hydrogens (primary N) is 1. The van der Waals surface area contributed by atoms with Crippen molar-refractivity contribution < 1.29 is 23.9 Å². The molecule has 0 saturated carbocycles. The van der Waals surface area contributed by atoms with Crippen LogP contribution < -0.4 is 15.8 Å². The average Bonchev–Trinajstić information content (AvgIpc) is 3.02. The van der Waals surface area contributed by atoms with Gasteiger partial charge in [0.05, 0.1) is 27.8 Å². The largest absolute Gasteiger partial charge is 0.481 e. The Morgan fingerprint density at radius 2 is 1.88 bits per heavy atom. The number of benzene rings is 1. The quantitative estimate of drug-likeness (QED) is 0.672. The lowest BCUT2D eigenvalue weighted by Gasteiger charge is -2.11. The van der Waals surface area contributed by atoms with Crippen molar-refractivity contribution in [1.82, 2.24) is 0 Å². The van der Waals surface area contributed by atoms with Crippen molar-refractivity contribution in [3.63, 3.8) is 0 Å². The van der Waals surface area contributed by atoms with Crippen molar-refractivity contribution in [3.8, 4) is 5.75 Å².